The number of halogens is 2. The number of carbonyl (C=O) groups is 2. The summed E-state index contributed by atoms with van der Waals surface area (Å²) in [5.74, 6) is -1.65. The van der Waals surface area contributed by atoms with Crippen LogP contribution in [0.5, 0.6) is 0 Å². The molecule has 0 aliphatic carbocycles. The zero-order valence-corrected chi connectivity index (χ0v) is 11.3. The predicted octanol–water partition coefficient (Wildman–Crippen LogP) is 3.50. The van der Waals surface area contributed by atoms with Crippen molar-refractivity contribution >= 4 is 34.2 Å². The lowest BCUT2D eigenvalue weighted by molar-refractivity contribution is 0.0817. The first-order valence-corrected chi connectivity index (χ1v) is 6.26. The molecular weight excluding hydrogens is 346 g/mol. The number of rotatable bonds is 3. The van der Waals surface area contributed by atoms with Gasteiger partial charge < -0.3 is 0 Å². The number of hydrogen-bond donors (Lipinski definition) is 0. The van der Waals surface area contributed by atoms with Gasteiger partial charge in [0.2, 0.25) is 11.6 Å². The second kappa shape index (κ2) is 5.39. The van der Waals surface area contributed by atoms with Gasteiger partial charge in [-0.3, -0.25) is 9.59 Å². The highest BCUT2D eigenvalue weighted by Crippen LogP contribution is 2.11. The van der Waals surface area contributed by atoms with Crippen LogP contribution in [0.3, 0.4) is 0 Å². The van der Waals surface area contributed by atoms with Crippen LogP contribution in [0.2, 0.25) is 0 Å². The molecule has 0 aliphatic heterocycles. The number of ketones is 2. The summed E-state index contributed by atoms with van der Waals surface area (Å²) in [7, 11) is 0. The zero-order valence-electron chi connectivity index (χ0n) is 9.19. The monoisotopic (exact) mass is 354 g/mol. The molecule has 2 rings (SSSR count). The Hall–Kier alpha value is -1.56. The van der Waals surface area contributed by atoms with Crippen LogP contribution in [-0.2, 0) is 0 Å². The first-order valence-electron chi connectivity index (χ1n) is 5.18. The molecule has 0 unspecified atom stereocenters. The van der Waals surface area contributed by atoms with E-state index in [2.05, 4.69) is 22.6 Å². The van der Waals surface area contributed by atoms with E-state index >= 15 is 0 Å². The van der Waals surface area contributed by atoms with E-state index < -0.39 is 17.4 Å². The molecule has 0 aromatic heterocycles. The Morgan fingerprint density at radius 3 is 1.61 bits per heavy atom. The van der Waals surface area contributed by atoms with Gasteiger partial charge in [-0.05, 0) is 71.1 Å². The smallest absolute Gasteiger partial charge is 0.233 e. The molecule has 0 fully saturated rings. The van der Waals surface area contributed by atoms with Crippen molar-refractivity contribution in [2.75, 3.05) is 0 Å². The third kappa shape index (κ3) is 2.81. The number of hydrogen-bond acceptors (Lipinski definition) is 2. The summed E-state index contributed by atoms with van der Waals surface area (Å²) < 4.78 is 13.7. The molecule has 0 saturated heterocycles. The molecule has 4 heteroatoms. The van der Waals surface area contributed by atoms with Crippen molar-refractivity contribution in [3.05, 3.63) is 69.0 Å². The third-order valence-corrected chi connectivity index (χ3v) is 3.14. The maximum atomic E-state index is 12.7. The molecule has 0 saturated carbocycles. The molecule has 0 radical (unpaired) electrons. The lowest BCUT2D eigenvalue weighted by atomic mass is 10.0. The Bertz CT molecular complexity index is 533. The van der Waals surface area contributed by atoms with Crippen LogP contribution in [0.1, 0.15) is 20.7 Å². The summed E-state index contributed by atoms with van der Waals surface area (Å²) in [6.45, 7) is 0. The first kappa shape index (κ1) is 12.9. The quantitative estimate of drug-likeness (QED) is 0.480. The lowest BCUT2D eigenvalue weighted by Gasteiger charge is -2.01. The highest BCUT2D eigenvalue weighted by atomic mass is 127. The summed E-state index contributed by atoms with van der Waals surface area (Å²) >= 11 is 2.11. The molecule has 2 nitrogen and oxygen atoms in total. The van der Waals surface area contributed by atoms with Crippen LogP contribution < -0.4 is 0 Å². The number of benzene rings is 2. The van der Waals surface area contributed by atoms with Crippen LogP contribution in [0.15, 0.2) is 48.5 Å². The van der Waals surface area contributed by atoms with Gasteiger partial charge >= 0.3 is 0 Å². The van der Waals surface area contributed by atoms with Gasteiger partial charge in [0.25, 0.3) is 0 Å². The Morgan fingerprint density at radius 2 is 1.17 bits per heavy atom. The van der Waals surface area contributed by atoms with Crippen LogP contribution in [-0.4, -0.2) is 11.6 Å². The normalized spacial score (nSPS) is 10.1. The fourth-order valence-corrected chi connectivity index (χ4v) is 1.82. The van der Waals surface area contributed by atoms with Gasteiger partial charge in [-0.2, -0.15) is 0 Å². The van der Waals surface area contributed by atoms with E-state index in [9.17, 15) is 14.0 Å². The third-order valence-electron chi connectivity index (χ3n) is 2.42. The second-order valence-electron chi connectivity index (χ2n) is 3.67. The van der Waals surface area contributed by atoms with Crippen molar-refractivity contribution in [3.63, 3.8) is 0 Å². The number of carbonyl (C=O) groups excluding carboxylic acids is 2. The molecule has 0 spiro atoms. The van der Waals surface area contributed by atoms with E-state index in [1.165, 1.54) is 12.1 Å². The van der Waals surface area contributed by atoms with Gasteiger partial charge in [0, 0.05) is 14.7 Å². The molecule has 0 N–H and O–H groups in total. The highest BCUT2D eigenvalue weighted by Gasteiger charge is 2.17. The van der Waals surface area contributed by atoms with Crippen LogP contribution in [0, 0.1) is 9.39 Å². The van der Waals surface area contributed by atoms with Gasteiger partial charge in [0.1, 0.15) is 5.82 Å². The van der Waals surface area contributed by atoms with E-state index in [4.69, 9.17) is 0 Å². The van der Waals surface area contributed by atoms with E-state index in [1.807, 2.05) is 0 Å². The maximum absolute atomic E-state index is 12.7. The standard InChI is InChI=1S/C14H8FIO2/c15-11-5-1-9(2-6-11)13(17)14(18)10-3-7-12(16)8-4-10/h1-8H. The van der Waals surface area contributed by atoms with Crippen LogP contribution >= 0.6 is 22.6 Å². The van der Waals surface area contributed by atoms with E-state index in [0.29, 0.717) is 5.56 Å². The summed E-state index contributed by atoms with van der Waals surface area (Å²) in [5, 5.41) is 0. The Morgan fingerprint density at radius 1 is 0.778 bits per heavy atom. The lowest BCUT2D eigenvalue weighted by Crippen LogP contribution is -2.14. The first-order chi connectivity index (χ1) is 8.58. The van der Waals surface area contributed by atoms with Gasteiger partial charge in [0.05, 0.1) is 0 Å². The van der Waals surface area contributed by atoms with Gasteiger partial charge in [-0.1, -0.05) is 0 Å². The molecular formula is C14H8FIO2. The average molecular weight is 354 g/mol. The van der Waals surface area contributed by atoms with Gasteiger partial charge in [-0.25, -0.2) is 4.39 Å². The Balaban J connectivity index is 2.26. The SMILES string of the molecule is O=C(C(=O)c1ccc(I)cc1)c1ccc(F)cc1. The molecule has 90 valence electrons. The minimum Gasteiger partial charge on any atom is -0.285 e. The summed E-state index contributed by atoms with van der Waals surface area (Å²) in [6.07, 6.45) is 0. The van der Waals surface area contributed by atoms with Crippen molar-refractivity contribution < 1.29 is 14.0 Å². The summed E-state index contributed by atoms with van der Waals surface area (Å²) in [5.41, 5.74) is 0.532. The molecule has 0 amide bonds. The summed E-state index contributed by atoms with van der Waals surface area (Å²) in [6, 6.07) is 11.7. The molecule has 2 aromatic carbocycles. The largest absolute Gasteiger partial charge is 0.285 e. The average Bonchev–Trinajstić information content (AvgIpc) is 2.39. The van der Waals surface area contributed by atoms with Gasteiger partial charge in [0.15, 0.2) is 0 Å². The number of Topliss-reactive ketones (excluding diaryl/α,β-unsaturated/α-hetero) is 2. The van der Waals surface area contributed by atoms with Crippen LogP contribution in [0.4, 0.5) is 4.39 Å². The van der Waals surface area contributed by atoms with Crippen LogP contribution in [0.25, 0.3) is 0 Å². The molecule has 0 bridgehead atoms. The van der Waals surface area contributed by atoms with E-state index in [1.54, 1.807) is 24.3 Å². The van der Waals surface area contributed by atoms with Crippen molar-refractivity contribution in [1.29, 1.82) is 0 Å². The molecule has 0 heterocycles. The molecule has 18 heavy (non-hydrogen) atoms. The topological polar surface area (TPSA) is 34.1 Å². The maximum Gasteiger partial charge on any atom is 0.233 e. The molecule has 0 atom stereocenters. The van der Waals surface area contributed by atoms with Crippen molar-refractivity contribution in [3.8, 4) is 0 Å². The van der Waals surface area contributed by atoms with Gasteiger partial charge in [-0.15, -0.1) is 0 Å². The van der Waals surface area contributed by atoms with E-state index in [0.717, 1.165) is 15.7 Å². The fraction of sp³-hybridized carbons (Fsp3) is 0. The molecule has 2 aromatic rings. The Labute approximate surface area is 117 Å². The minimum atomic E-state index is -0.629. The predicted molar refractivity (Wildman–Crippen MR) is 74.2 cm³/mol. The second-order valence-corrected chi connectivity index (χ2v) is 4.92. The fourth-order valence-electron chi connectivity index (χ4n) is 1.46. The van der Waals surface area contributed by atoms with Crippen molar-refractivity contribution in [1.82, 2.24) is 0 Å². The van der Waals surface area contributed by atoms with Crippen molar-refractivity contribution in [2.45, 2.75) is 0 Å². The Kier molecular flexibility index (Phi) is 3.86. The summed E-state index contributed by atoms with van der Waals surface area (Å²) in [4.78, 5) is 23.8. The highest BCUT2D eigenvalue weighted by molar-refractivity contribution is 14.1. The molecule has 0 aliphatic rings. The van der Waals surface area contributed by atoms with Crippen molar-refractivity contribution in [2.24, 2.45) is 0 Å². The van der Waals surface area contributed by atoms with E-state index in [-0.39, 0.29) is 5.56 Å². The zero-order chi connectivity index (χ0) is 13.1. The minimum absolute atomic E-state index is 0.194.